The minimum Gasteiger partial charge on any atom is -0.481 e. The first-order valence-electron chi connectivity index (χ1n) is 4.26. The average molecular weight is 243 g/mol. The van der Waals surface area contributed by atoms with Crippen molar-refractivity contribution in [2.24, 2.45) is 17.3 Å². The van der Waals surface area contributed by atoms with Crippen LogP contribution in [0.25, 0.3) is 0 Å². The van der Waals surface area contributed by atoms with Crippen molar-refractivity contribution >= 4 is 17.6 Å². The summed E-state index contributed by atoms with van der Waals surface area (Å²) < 4.78 is 36.2. The number of carbonyl (C=O) groups is 1. The molecule has 0 aromatic rings. The van der Waals surface area contributed by atoms with Gasteiger partial charge in [-0.15, -0.1) is 0 Å². The summed E-state index contributed by atoms with van der Waals surface area (Å²) in [6.45, 7) is 3.21. The molecule has 2 atom stereocenters. The third-order valence-electron chi connectivity index (χ3n) is 2.77. The Morgan fingerprint density at radius 2 is 1.93 bits per heavy atom. The van der Waals surface area contributed by atoms with E-state index in [0.29, 0.717) is 0 Å². The van der Waals surface area contributed by atoms with Gasteiger partial charge in [-0.2, -0.15) is 13.2 Å². The summed E-state index contributed by atoms with van der Waals surface area (Å²) >= 11 is 5.03. The van der Waals surface area contributed by atoms with Crippen LogP contribution in [0.15, 0.2) is 11.1 Å². The van der Waals surface area contributed by atoms with E-state index in [1.165, 1.54) is 0 Å². The van der Waals surface area contributed by atoms with E-state index >= 15 is 0 Å². The molecular weight excluding hydrogens is 233 g/mol. The Morgan fingerprint density at radius 3 is 2.20 bits per heavy atom. The second-order valence-electron chi connectivity index (χ2n) is 4.18. The summed E-state index contributed by atoms with van der Waals surface area (Å²) in [5.41, 5.74) is -0.656. The van der Waals surface area contributed by atoms with Gasteiger partial charge in [0.05, 0.1) is 5.92 Å². The number of carboxylic acid groups (broad SMARTS) is 1. The van der Waals surface area contributed by atoms with Crippen molar-refractivity contribution in [2.75, 3.05) is 0 Å². The highest BCUT2D eigenvalue weighted by molar-refractivity contribution is 6.30. The molecule has 2 nitrogen and oxygen atoms in total. The van der Waals surface area contributed by atoms with E-state index < -0.39 is 34.4 Å². The van der Waals surface area contributed by atoms with Gasteiger partial charge in [0.2, 0.25) is 0 Å². The van der Waals surface area contributed by atoms with Gasteiger partial charge >= 0.3 is 12.1 Å². The van der Waals surface area contributed by atoms with Crippen LogP contribution in [-0.4, -0.2) is 17.3 Å². The molecule has 0 aliphatic heterocycles. The lowest BCUT2D eigenvalue weighted by Gasteiger charge is -2.04. The average Bonchev–Trinajstić information content (AvgIpc) is 2.50. The van der Waals surface area contributed by atoms with Crippen molar-refractivity contribution in [1.29, 1.82) is 0 Å². The van der Waals surface area contributed by atoms with Gasteiger partial charge in [-0.3, -0.25) is 4.79 Å². The first-order valence-corrected chi connectivity index (χ1v) is 4.63. The fourth-order valence-electron chi connectivity index (χ4n) is 1.71. The minimum atomic E-state index is -4.59. The van der Waals surface area contributed by atoms with Gasteiger partial charge in [0.25, 0.3) is 0 Å². The number of rotatable bonds is 2. The summed E-state index contributed by atoms with van der Waals surface area (Å²) in [6, 6.07) is 0. The lowest BCUT2D eigenvalue weighted by Crippen LogP contribution is -2.07. The molecular formula is C9H10ClF3O2. The summed E-state index contributed by atoms with van der Waals surface area (Å²) in [7, 11) is 0. The Morgan fingerprint density at radius 1 is 1.47 bits per heavy atom. The highest BCUT2D eigenvalue weighted by Gasteiger charge is 2.61. The van der Waals surface area contributed by atoms with Gasteiger partial charge < -0.3 is 5.11 Å². The zero-order chi connectivity index (χ0) is 12.0. The highest BCUT2D eigenvalue weighted by Crippen LogP contribution is 2.60. The molecule has 1 rings (SSSR count). The van der Waals surface area contributed by atoms with E-state index in [1.54, 1.807) is 13.8 Å². The van der Waals surface area contributed by atoms with Gasteiger partial charge in [-0.05, 0) is 11.3 Å². The van der Waals surface area contributed by atoms with Gasteiger partial charge in [0.15, 0.2) is 0 Å². The van der Waals surface area contributed by atoms with Gasteiger partial charge in [-0.25, -0.2) is 0 Å². The molecule has 0 saturated heterocycles. The Hall–Kier alpha value is -0.710. The van der Waals surface area contributed by atoms with Crippen molar-refractivity contribution < 1.29 is 23.1 Å². The van der Waals surface area contributed by atoms with Crippen molar-refractivity contribution in [3.8, 4) is 0 Å². The van der Waals surface area contributed by atoms with Crippen LogP contribution in [0.1, 0.15) is 13.8 Å². The Balaban J connectivity index is 2.83. The molecule has 1 aliphatic rings. The van der Waals surface area contributed by atoms with Gasteiger partial charge in [-0.1, -0.05) is 31.5 Å². The Labute approximate surface area is 89.7 Å². The number of hydrogen-bond acceptors (Lipinski definition) is 1. The first kappa shape index (κ1) is 12.4. The number of aliphatic carboxylic acids is 1. The lowest BCUT2D eigenvalue weighted by molar-refractivity contribution is -0.139. The Kier molecular flexibility index (Phi) is 2.80. The molecule has 1 N–H and O–H groups in total. The molecule has 0 heterocycles. The molecule has 0 bridgehead atoms. The molecule has 1 fully saturated rings. The molecule has 2 unspecified atom stereocenters. The second kappa shape index (κ2) is 3.40. The number of halogens is 4. The first-order chi connectivity index (χ1) is 6.58. The number of allylic oxidation sites excluding steroid dienone is 2. The molecule has 1 saturated carbocycles. The predicted molar refractivity (Wildman–Crippen MR) is 48.4 cm³/mol. The van der Waals surface area contributed by atoms with Crippen LogP contribution in [0.2, 0.25) is 0 Å². The zero-order valence-electron chi connectivity index (χ0n) is 8.10. The Bertz CT molecular complexity index is 320. The number of hydrogen-bond donors (Lipinski definition) is 1. The molecule has 0 radical (unpaired) electrons. The SMILES string of the molecule is CC1(C)C(C=C(Cl)C(F)(F)F)C1C(=O)O. The molecule has 1 aliphatic carbocycles. The van der Waals surface area contributed by atoms with Crippen LogP contribution in [0.5, 0.6) is 0 Å². The maximum atomic E-state index is 12.1. The van der Waals surface area contributed by atoms with E-state index in [0.717, 1.165) is 6.08 Å². The molecule has 0 aromatic carbocycles. The van der Waals surface area contributed by atoms with E-state index in [4.69, 9.17) is 16.7 Å². The van der Waals surface area contributed by atoms with E-state index in [1.807, 2.05) is 0 Å². The largest absolute Gasteiger partial charge is 0.481 e. The fourth-order valence-corrected chi connectivity index (χ4v) is 1.85. The monoisotopic (exact) mass is 242 g/mol. The van der Waals surface area contributed by atoms with Crippen LogP contribution < -0.4 is 0 Å². The molecule has 15 heavy (non-hydrogen) atoms. The number of alkyl halides is 3. The summed E-state index contributed by atoms with van der Waals surface area (Å²) in [5, 5.41) is 7.48. The number of carboxylic acids is 1. The molecule has 0 spiro atoms. The maximum Gasteiger partial charge on any atom is 0.426 e. The minimum absolute atomic E-state index is 0.649. The van der Waals surface area contributed by atoms with Crippen molar-refractivity contribution in [3.63, 3.8) is 0 Å². The quantitative estimate of drug-likeness (QED) is 0.808. The van der Waals surface area contributed by atoms with Crippen LogP contribution in [0.3, 0.4) is 0 Å². The normalized spacial score (nSPS) is 30.1. The molecule has 86 valence electrons. The molecule has 0 aromatic heterocycles. The third kappa shape index (κ3) is 2.27. The fraction of sp³-hybridized carbons (Fsp3) is 0.667. The van der Waals surface area contributed by atoms with E-state index in [9.17, 15) is 18.0 Å². The van der Waals surface area contributed by atoms with Crippen molar-refractivity contribution in [2.45, 2.75) is 20.0 Å². The second-order valence-corrected chi connectivity index (χ2v) is 4.58. The summed E-state index contributed by atoms with van der Waals surface area (Å²) in [5.74, 6) is -2.52. The van der Waals surface area contributed by atoms with Crippen molar-refractivity contribution in [1.82, 2.24) is 0 Å². The summed E-state index contributed by atoms with van der Waals surface area (Å²) in [6.07, 6.45) is -3.80. The highest BCUT2D eigenvalue weighted by atomic mass is 35.5. The van der Waals surface area contributed by atoms with E-state index in [-0.39, 0.29) is 0 Å². The lowest BCUT2D eigenvalue weighted by atomic mass is 10.1. The molecule has 6 heteroatoms. The van der Waals surface area contributed by atoms with Crippen LogP contribution in [0.4, 0.5) is 13.2 Å². The zero-order valence-corrected chi connectivity index (χ0v) is 8.86. The van der Waals surface area contributed by atoms with Crippen LogP contribution in [0, 0.1) is 17.3 Å². The van der Waals surface area contributed by atoms with Gasteiger partial charge in [0.1, 0.15) is 5.03 Å². The predicted octanol–water partition coefficient (Wildman–Crippen LogP) is 3.03. The maximum absolute atomic E-state index is 12.1. The summed E-state index contributed by atoms with van der Waals surface area (Å²) in [4.78, 5) is 10.7. The topological polar surface area (TPSA) is 37.3 Å². The third-order valence-corrected chi connectivity index (χ3v) is 3.11. The van der Waals surface area contributed by atoms with Gasteiger partial charge in [0, 0.05) is 0 Å². The van der Waals surface area contributed by atoms with Crippen molar-refractivity contribution in [3.05, 3.63) is 11.1 Å². The smallest absolute Gasteiger partial charge is 0.426 e. The standard InChI is InChI=1S/C9H10ClF3O2/c1-8(2)4(6(8)7(14)15)3-5(10)9(11,12)13/h3-4,6H,1-2H3,(H,14,15). The van der Waals surface area contributed by atoms with Crippen LogP contribution in [-0.2, 0) is 4.79 Å². The molecule has 0 amide bonds. The van der Waals surface area contributed by atoms with E-state index in [2.05, 4.69) is 0 Å². The van der Waals surface area contributed by atoms with Crippen LogP contribution >= 0.6 is 11.6 Å².